The van der Waals surface area contributed by atoms with Crippen molar-refractivity contribution in [3.05, 3.63) is 6.33 Å². The number of imidazole rings is 1. The molecule has 0 unspecified atom stereocenters. The number of hydrogen-bond acceptors (Lipinski definition) is 12. The Balaban J connectivity index is 1.44. The van der Waals surface area contributed by atoms with Gasteiger partial charge in [-0.25, -0.2) is 9.55 Å². The molecule has 2 saturated heterocycles. The Bertz CT molecular complexity index is 1030. The molecule has 2 aliphatic rings. The number of hydrogen-bond donors (Lipinski definition) is 1. The van der Waals surface area contributed by atoms with Crippen LogP contribution in [-0.2, 0) is 32.4 Å². The third-order valence-corrected chi connectivity index (χ3v) is 6.72. The van der Waals surface area contributed by atoms with E-state index in [1.807, 2.05) is 6.92 Å². The van der Waals surface area contributed by atoms with Crippen molar-refractivity contribution in [1.29, 1.82) is 0 Å². The number of carbonyl (C=O) groups excluding carboxylic acids is 1. The summed E-state index contributed by atoms with van der Waals surface area (Å²) >= 11 is 0. The third-order valence-electron chi connectivity index (χ3n) is 5.25. The fourth-order valence-corrected chi connectivity index (χ4v) is 5.28. The normalized spacial score (nSPS) is 29.7. The molecule has 0 radical (unpaired) electrons. The number of phosphoric acid groups is 1. The summed E-state index contributed by atoms with van der Waals surface area (Å²) in [7, 11) is -2.32. The highest BCUT2D eigenvalue weighted by Crippen LogP contribution is 2.58. The number of ether oxygens (including phenoxy) is 3. The number of esters is 1. The third kappa shape index (κ3) is 4.44. The average molecular weight is 471 g/mol. The summed E-state index contributed by atoms with van der Waals surface area (Å²) in [6, 6.07) is 0. The van der Waals surface area contributed by atoms with E-state index >= 15 is 0 Å². The van der Waals surface area contributed by atoms with Crippen molar-refractivity contribution in [3.8, 4) is 5.88 Å². The van der Waals surface area contributed by atoms with Crippen LogP contribution in [0.4, 0.5) is 5.95 Å². The first kappa shape index (κ1) is 22.9. The molecule has 0 aliphatic carbocycles. The second-order valence-corrected chi connectivity index (χ2v) is 9.02. The molecule has 0 bridgehead atoms. The van der Waals surface area contributed by atoms with Crippen molar-refractivity contribution < 1.29 is 37.1 Å². The fraction of sp³-hybridized carbons (Fsp3) is 0.667. The van der Waals surface area contributed by atoms with E-state index in [2.05, 4.69) is 15.0 Å². The maximum atomic E-state index is 12.9. The Morgan fingerprint density at radius 1 is 1.41 bits per heavy atom. The quantitative estimate of drug-likeness (QED) is 0.339. The van der Waals surface area contributed by atoms with Gasteiger partial charge in [0.25, 0.3) is 0 Å². The highest BCUT2D eigenvalue weighted by atomic mass is 31.2. The molecule has 2 N–H and O–H groups in total. The van der Waals surface area contributed by atoms with Gasteiger partial charge in [-0.15, -0.1) is 0 Å². The molecular formula is C18H26N5O8P. The number of phosphoric ester groups is 1. The SMILES string of the molecule is CCOC(=O)CCCO[P@@]1(=O)OC[C@H]2O[C@@H](n3cnc4c(OC)nc(N)nc43)[C@@H](C)[C@@H]2O1. The van der Waals surface area contributed by atoms with Crippen LogP contribution in [0.15, 0.2) is 6.33 Å². The van der Waals surface area contributed by atoms with Gasteiger partial charge in [-0.2, -0.15) is 9.97 Å². The average Bonchev–Trinajstić information content (AvgIpc) is 3.31. The van der Waals surface area contributed by atoms with Crippen LogP contribution in [0.1, 0.15) is 32.9 Å². The lowest BCUT2D eigenvalue weighted by Crippen LogP contribution is -2.36. The number of nitrogens with two attached hydrogens (primary N) is 1. The van der Waals surface area contributed by atoms with E-state index in [-0.39, 0.29) is 43.4 Å². The van der Waals surface area contributed by atoms with Crippen LogP contribution in [0.2, 0.25) is 0 Å². The van der Waals surface area contributed by atoms with Gasteiger partial charge in [0, 0.05) is 12.3 Å². The predicted molar refractivity (Wildman–Crippen MR) is 110 cm³/mol. The highest BCUT2D eigenvalue weighted by Gasteiger charge is 2.52. The predicted octanol–water partition coefficient (Wildman–Crippen LogP) is 1.83. The van der Waals surface area contributed by atoms with Crippen molar-refractivity contribution in [2.24, 2.45) is 5.92 Å². The maximum absolute atomic E-state index is 12.9. The fourth-order valence-electron chi connectivity index (χ4n) is 3.77. The second kappa shape index (κ2) is 9.28. The lowest BCUT2D eigenvalue weighted by Gasteiger charge is -2.31. The molecule has 176 valence electrons. The smallest absolute Gasteiger partial charge is 0.475 e. The number of rotatable bonds is 8. The van der Waals surface area contributed by atoms with Gasteiger partial charge in [0.1, 0.15) is 18.4 Å². The minimum absolute atomic E-state index is 0.0355. The van der Waals surface area contributed by atoms with Gasteiger partial charge in [-0.3, -0.25) is 22.9 Å². The zero-order valence-electron chi connectivity index (χ0n) is 18.0. The first-order valence-electron chi connectivity index (χ1n) is 10.3. The standard InChI is InChI=1S/C18H26N5O8P/c1-4-27-12(24)6-5-7-28-32(25)29-8-11-14(31-32)10(2)17(30-11)23-9-20-13-15(23)21-18(19)22-16(13)26-3/h9-11,14,17H,4-8H2,1-3H3,(H2,19,21,22)/t10-,11+,14-,17+,32-/m0/s1. The number of aromatic nitrogens is 4. The summed E-state index contributed by atoms with van der Waals surface area (Å²) in [6.07, 6.45) is 0.535. The Kier molecular flexibility index (Phi) is 6.63. The number of fused-ring (bicyclic) bond motifs is 2. The summed E-state index contributed by atoms with van der Waals surface area (Å²) in [6.45, 7) is 4.02. The summed E-state index contributed by atoms with van der Waals surface area (Å²) < 4.78 is 47.3. The van der Waals surface area contributed by atoms with E-state index in [4.69, 9.17) is 33.5 Å². The molecule has 2 aromatic rings. The topological polar surface area (TPSA) is 159 Å². The molecule has 0 amide bonds. The first-order chi connectivity index (χ1) is 15.3. The van der Waals surface area contributed by atoms with Gasteiger partial charge in [-0.1, -0.05) is 6.92 Å². The molecule has 2 aromatic heterocycles. The lowest BCUT2D eigenvalue weighted by atomic mass is 10.0. The van der Waals surface area contributed by atoms with Crippen LogP contribution in [-0.4, -0.2) is 64.6 Å². The molecule has 2 aliphatic heterocycles. The number of methoxy groups -OCH3 is 1. The molecule has 32 heavy (non-hydrogen) atoms. The van der Waals surface area contributed by atoms with E-state index in [0.29, 0.717) is 24.2 Å². The monoisotopic (exact) mass is 471 g/mol. The summed E-state index contributed by atoms with van der Waals surface area (Å²) in [5.74, 6) is -0.275. The largest absolute Gasteiger partial charge is 0.479 e. The summed E-state index contributed by atoms with van der Waals surface area (Å²) in [5, 5.41) is 0. The van der Waals surface area contributed by atoms with E-state index in [9.17, 15) is 9.36 Å². The number of nitrogen functional groups attached to an aromatic ring is 1. The molecule has 4 heterocycles. The second-order valence-electron chi connectivity index (χ2n) is 7.39. The molecule has 2 fully saturated rings. The Hall–Kier alpha value is -2.31. The maximum Gasteiger partial charge on any atom is 0.475 e. The number of anilines is 1. The van der Waals surface area contributed by atoms with Gasteiger partial charge in [0.2, 0.25) is 11.8 Å². The molecule has 0 saturated carbocycles. The van der Waals surface area contributed by atoms with Gasteiger partial charge in [-0.05, 0) is 13.3 Å². The molecule has 0 aromatic carbocycles. The lowest BCUT2D eigenvalue weighted by molar-refractivity contribution is -0.143. The van der Waals surface area contributed by atoms with Crippen LogP contribution in [0.5, 0.6) is 5.88 Å². The molecule has 14 heteroatoms. The van der Waals surface area contributed by atoms with Crippen molar-refractivity contribution in [3.63, 3.8) is 0 Å². The van der Waals surface area contributed by atoms with Crippen LogP contribution in [0, 0.1) is 5.92 Å². The zero-order chi connectivity index (χ0) is 22.9. The minimum atomic E-state index is -3.79. The summed E-state index contributed by atoms with van der Waals surface area (Å²) in [5.41, 5.74) is 6.69. The minimum Gasteiger partial charge on any atom is -0.479 e. The highest BCUT2D eigenvalue weighted by molar-refractivity contribution is 7.48. The van der Waals surface area contributed by atoms with Gasteiger partial charge in [0.05, 0.1) is 33.3 Å². The van der Waals surface area contributed by atoms with E-state index < -0.39 is 26.3 Å². The van der Waals surface area contributed by atoms with Gasteiger partial charge >= 0.3 is 13.8 Å². The Morgan fingerprint density at radius 2 is 2.22 bits per heavy atom. The van der Waals surface area contributed by atoms with Crippen LogP contribution in [0.3, 0.4) is 0 Å². The molecule has 4 rings (SSSR count). The molecular weight excluding hydrogens is 445 g/mol. The molecule has 13 nitrogen and oxygen atoms in total. The summed E-state index contributed by atoms with van der Waals surface area (Å²) in [4.78, 5) is 24.0. The van der Waals surface area contributed by atoms with Gasteiger partial charge < -0.3 is 19.9 Å². The zero-order valence-corrected chi connectivity index (χ0v) is 18.9. The molecule has 0 spiro atoms. The van der Waals surface area contributed by atoms with Crippen molar-refractivity contribution in [2.45, 2.75) is 45.1 Å². The van der Waals surface area contributed by atoms with Crippen LogP contribution in [0.25, 0.3) is 11.2 Å². The Morgan fingerprint density at radius 3 is 2.97 bits per heavy atom. The first-order valence-corrected chi connectivity index (χ1v) is 11.7. The van der Waals surface area contributed by atoms with Crippen molar-refractivity contribution in [2.75, 3.05) is 32.7 Å². The van der Waals surface area contributed by atoms with E-state index in [1.54, 1.807) is 17.8 Å². The van der Waals surface area contributed by atoms with Crippen LogP contribution < -0.4 is 10.5 Å². The number of nitrogens with zero attached hydrogens (tertiary/aromatic N) is 4. The van der Waals surface area contributed by atoms with E-state index in [1.165, 1.54) is 7.11 Å². The molecule has 5 atom stereocenters. The van der Waals surface area contributed by atoms with Crippen molar-refractivity contribution >= 4 is 30.9 Å². The Labute approximate surface area is 184 Å². The van der Waals surface area contributed by atoms with E-state index in [0.717, 1.165) is 0 Å². The number of carbonyl (C=O) groups is 1. The van der Waals surface area contributed by atoms with Gasteiger partial charge in [0.15, 0.2) is 11.2 Å². The van der Waals surface area contributed by atoms with Crippen molar-refractivity contribution in [1.82, 2.24) is 19.5 Å². The van der Waals surface area contributed by atoms with Crippen LogP contribution >= 0.6 is 7.82 Å².